The summed E-state index contributed by atoms with van der Waals surface area (Å²) in [5, 5.41) is 12.2. The molecule has 1 aromatic heterocycles. The van der Waals surface area contributed by atoms with Crippen LogP contribution in [0.25, 0.3) is 11.3 Å². The van der Waals surface area contributed by atoms with Crippen molar-refractivity contribution in [3.63, 3.8) is 0 Å². The first-order valence-corrected chi connectivity index (χ1v) is 10.7. The van der Waals surface area contributed by atoms with Crippen molar-refractivity contribution in [1.82, 2.24) is 20.1 Å². The van der Waals surface area contributed by atoms with Crippen LogP contribution in [0, 0.1) is 6.92 Å². The first kappa shape index (κ1) is 20.7. The highest BCUT2D eigenvalue weighted by Crippen LogP contribution is 2.32. The molecule has 2 heterocycles. The van der Waals surface area contributed by atoms with E-state index in [1.165, 1.54) is 25.8 Å². The molecule has 2 fully saturated rings. The SMILES string of the molecule is CCOCOc1cc(C=O)ccc1-c1nnc(N[C@@H]2CCCN(C3CC3)C2)nc1C. The highest BCUT2D eigenvalue weighted by molar-refractivity contribution is 5.80. The Labute approximate surface area is 177 Å². The maximum Gasteiger partial charge on any atom is 0.243 e. The molecule has 8 heteroatoms. The number of hydrogen-bond donors (Lipinski definition) is 1. The Morgan fingerprint density at radius 1 is 1.27 bits per heavy atom. The van der Waals surface area contributed by atoms with Crippen molar-refractivity contribution in [1.29, 1.82) is 0 Å². The Morgan fingerprint density at radius 2 is 2.13 bits per heavy atom. The largest absolute Gasteiger partial charge is 0.467 e. The predicted octanol–water partition coefficient (Wildman–Crippen LogP) is 3.07. The van der Waals surface area contributed by atoms with Gasteiger partial charge in [-0.3, -0.25) is 9.69 Å². The third-order valence-electron chi connectivity index (χ3n) is 5.61. The smallest absolute Gasteiger partial charge is 0.243 e. The van der Waals surface area contributed by atoms with E-state index >= 15 is 0 Å². The summed E-state index contributed by atoms with van der Waals surface area (Å²) < 4.78 is 11.0. The number of rotatable bonds is 9. The Bertz CT molecular complexity index is 887. The second kappa shape index (κ2) is 9.49. The lowest BCUT2D eigenvalue weighted by Gasteiger charge is -2.33. The van der Waals surface area contributed by atoms with Gasteiger partial charge >= 0.3 is 0 Å². The third kappa shape index (κ3) is 4.94. The molecule has 0 radical (unpaired) electrons. The summed E-state index contributed by atoms with van der Waals surface area (Å²) in [5.74, 6) is 1.08. The third-order valence-corrected chi connectivity index (χ3v) is 5.61. The van der Waals surface area contributed by atoms with Crippen molar-refractivity contribution >= 4 is 12.2 Å². The van der Waals surface area contributed by atoms with Gasteiger partial charge in [-0.1, -0.05) is 6.07 Å². The zero-order valence-electron chi connectivity index (χ0n) is 17.6. The van der Waals surface area contributed by atoms with Gasteiger partial charge in [-0.25, -0.2) is 4.98 Å². The Morgan fingerprint density at radius 3 is 2.87 bits per heavy atom. The number of likely N-dealkylation sites (tertiary alicyclic amines) is 1. The first-order chi connectivity index (χ1) is 14.7. The molecule has 8 nitrogen and oxygen atoms in total. The summed E-state index contributed by atoms with van der Waals surface area (Å²) in [5.41, 5.74) is 2.65. The molecule has 1 aliphatic carbocycles. The second-order valence-electron chi connectivity index (χ2n) is 7.91. The minimum atomic E-state index is 0.102. The normalized spacial score (nSPS) is 19.5. The fourth-order valence-corrected chi connectivity index (χ4v) is 3.91. The zero-order chi connectivity index (χ0) is 20.9. The molecule has 1 aromatic carbocycles. The van der Waals surface area contributed by atoms with E-state index in [-0.39, 0.29) is 6.79 Å². The lowest BCUT2D eigenvalue weighted by Crippen LogP contribution is -2.43. The quantitative estimate of drug-likeness (QED) is 0.383. The topological polar surface area (TPSA) is 89.5 Å². The van der Waals surface area contributed by atoms with Crippen molar-refractivity contribution in [2.24, 2.45) is 0 Å². The lowest BCUT2D eigenvalue weighted by atomic mass is 10.1. The highest BCUT2D eigenvalue weighted by Gasteiger charge is 2.32. The number of aryl methyl sites for hydroxylation is 1. The van der Waals surface area contributed by atoms with Gasteiger partial charge in [0, 0.05) is 36.4 Å². The van der Waals surface area contributed by atoms with Crippen LogP contribution in [0.5, 0.6) is 5.75 Å². The number of aromatic nitrogens is 3. The van der Waals surface area contributed by atoms with Gasteiger partial charge in [0.15, 0.2) is 6.79 Å². The van der Waals surface area contributed by atoms with Crippen molar-refractivity contribution in [2.45, 2.75) is 51.6 Å². The van der Waals surface area contributed by atoms with Crippen molar-refractivity contribution < 1.29 is 14.3 Å². The van der Waals surface area contributed by atoms with Gasteiger partial charge in [-0.05, 0) is 58.2 Å². The van der Waals surface area contributed by atoms with Crippen LogP contribution in [0.1, 0.15) is 48.7 Å². The summed E-state index contributed by atoms with van der Waals surface area (Å²) >= 11 is 0. The fraction of sp³-hybridized carbons (Fsp3) is 0.545. The maximum atomic E-state index is 11.2. The number of anilines is 1. The van der Waals surface area contributed by atoms with Gasteiger partial charge in [0.2, 0.25) is 5.95 Å². The molecule has 0 amide bonds. The van der Waals surface area contributed by atoms with Crippen LogP contribution >= 0.6 is 0 Å². The average molecular weight is 412 g/mol. The fourth-order valence-electron chi connectivity index (χ4n) is 3.91. The van der Waals surface area contributed by atoms with Gasteiger partial charge in [0.25, 0.3) is 0 Å². The van der Waals surface area contributed by atoms with Crippen LogP contribution in [0.4, 0.5) is 5.95 Å². The molecule has 1 aliphatic heterocycles. The van der Waals surface area contributed by atoms with Crippen LogP contribution in [0.15, 0.2) is 18.2 Å². The number of hydrogen-bond acceptors (Lipinski definition) is 8. The minimum Gasteiger partial charge on any atom is -0.467 e. The summed E-state index contributed by atoms with van der Waals surface area (Å²) in [4.78, 5) is 18.4. The molecule has 0 spiro atoms. The van der Waals surface area contributed by atoms with Gasteiger partial charge < -0.3 is 14.8 Å². The highest BCUT2D eigenvalue weighted by atomic mass is 16.7. The van der Waals surface area contributed by atoms with Crippen LogP contribution in [0.3, 0.4) is 0 Å². The molecule has 1 saturated heterocycles. The Balaban J connectivity index is 1.50. The zero-order valence-corrected chi connectivity index (χ0v) is 17.6. The van der Waals surface area contributed by atoms with Crippen molar-refractivity contribution in [3.8, 4) is 17.0 Å². The average Bonchev–Trinajstić information content (AvgIpc) is 3.60. The monoisotopic (exact) mass is 411 g/mol. The molecular formula is C22H29N5O3. The van der Waals surface area contributed by atoms with E-state index in [9.17, 15) is 4.79 Å². The number of benzene rings is 1. The van der Waals surface area contributed by atoms with E-state index in [1.54, 1.807) is 12.1 Å². The van der Waals surface area contributed by atoms with Gasteiger partial charge in [-0.2, -0.15) is 0 Å². The molecular weight excluding hydrogens is 382 g/mol. The van der Waals surface area contributed by atoms with Crippen LogP contribution in [0.2, 0.25) is 0 Å². The number of nitrogens with one attached hydrogen (secondary N) is 1. The van der Waals surface area contributed by atoms with Crippen LogP contribution in [-0.2, 0) is 4.74 Å². The summed E-state index contributed by atoms with van der Waals surface area (Å²) in [6.45, 7) is 6.69. The summed E-state index contributed by atoms with van der Waals surface area (Å²) in [7, 11) is 0. The predicted molar refractivity (Wildman–Crippen MR) is 114 cm³/mol. The Hall–Kier alpha value is -2.58. The number of nitrogens with zero attached hydrogens (tertiary/aromatic N) is 4. The lowest BCUT2D eigenvalue weighted by molar-refractivity contribution is 0.0227. The number of piperidine rings is 1. The Kier molecular flexibility index (Phi) is 6.54. The second-order valence-corrected chi connectivity index (χ2v) is 7.91. The number of carbonyl (C=O) groups excluding carboxylic acids is 1. The molecule has 1 saturated carbocycles. The number of carbonyl (C=O) groups is 1. The molecule has 30 heavy (non-hydrogen) atoms. The number of aldehydes is 1. The van der Waals surface area contributed by atoms with E-state index in [1.807, 2.05) is 19.9 Å². The van der Waals surface area contributed by atoms with E-state index in [0.717, 1.165) is 36.6 Å². The van der Waals surface area contributed by atoms with Crippen LogP contribution < -0.4 is 10.1 Å². The standard InChI is InChI=1S/C22H29N5O3/c1-3-29-14-30-20-11-16(13-28)6-9-19(20)21-15(2)23-22(26-25-21)24-17-5-4-10-27(12-17)18-7-8-18/h6,9,11,13,17-18H,3-5,7-8,10,12,14H2,1-2H3,(H,23,24,26)/t17-/m1/s1. The first-order valence-electron chi connectivity index (χ1n) is 10.7. The van der Waals surface area contributed by atoms with Gasteiger partial charge in [0.1, 0.15) is 17.7 Å². The van der Waals surface area contributed by atoms with Crippen molar-refractivity contribution in [3.05, 3.63) is 29.5 Å². The van der Waals surface area contributed by atoms with E-state index in [0.29, 0.717) is 35.6 Å². The molecule has 4 rings (SSSR count). The molecule has 2 aliphatic rings. The van der Waals surface area contributed by atoms with Gasteiger partial charge in [-0.15, -0.1) is 10.2 Å². The maximum absolute atomic E-state index is 11.2. The molecule has 0 unspecified atom stereocenters. The number of ether oxygens (including phenoxy) is 2. The molecule has 160 valence electrons. The molecule has 2 aromatic rings. The molecule has 0 bridgehead atoms. The van der Waals surface area contributed by atoms with E-state index in [2.05, 4.69) is 25.4 Å². The van der Waals surface area contributed by atoms with Crippen LogP contribution in [-0.4, -0.2) is 64.9 Å². The van der Waals surface area contributed by atoms with Gasteiger partial charge in [0.05, 0.1) is 5.69 Å². The molecule has 1 N–H and O–H groups in total. The molecule has 1 atom stereocenters. The van der Waals surface area contributed by atoms with E-state index < -0.39 is 0 Å². The minimum absolute atomic E-state index is 0.102. The summed E-state index contributed by atoms with van der Waals surface area (Å²) in [6.07, 6.45) is 5.76. The van der Waals surface area contributed by atoms with Crippen molar-refractivity contribution in [2.75, 3.05) is 31.8 Å². The van der Waals surface area contributed by atoms with E-state index in [4.69, 9.17) is 9.47 Å². The summed E-state index contributed by atoms with van der Waals surface area (Å²) in [6, 6.07) is 6.36.